The number of aromatic nitrogens is 2. The molecule has 0 saturated heterocycles. The highest BCUT2D eigenvalue weighted by Crippen LogP contribution is 2.22. The molecule has 0 atom stereocenters. The monoisotopic (exact) mass is 355 g/mol. The Hall–Kier alpha value is -2.63. The molecule has 1 saturated carbocycles. The highest BCUT2D eigenvalue weighted by atomic mass is 16.5. The van der Waals surface area contributed by atoms with Crippen LogP contribution in [-0.4, -0.2) is 34.6 Å². The molecule has 1 aromatic carbocycles. The van der Waals surface area contributed by atoms with Gasteiger partial charge >= 0.3 is 0 Å². The molecule has 1 heterocycles. The normalized spacial score (nSPS) is 19.6. The minimum Gasteiger partial charge on any atom is -0.484 e. The van der Waals surface area contributed by atoms with Gasteiger partial charge in [-0.25, -0.2) is 4.98 Å². The first kappa shape index (κ1) is 18.2. The highest BCUT2D eigenvalue weighted by molar-refractivity contribution is 5.77. The molecular formula is C20H25N3O3. The van der Waals surface area contributed by atoms with Crippen molar-refractivity contribution in [3.63, 3.8) is 0 Å². The average Bonchev–Trinajstić information content (AvgIpc) is 2.65. The fourth-order valence-corrected chi connectivity index (χ4v) is 3.06. The van der Waals surface area contributed by atoms with E-state index in [1.165, 1.54) is 5.56 Å². The number of carbonyl (C=O) groups excluding carboxylic acids is 1. The molecule has 26 heavy (non-hydrogen) atoms. The SMILES string of the molecule is Cc1ccc(OCC(=O)NC2CCC(Oc3cnccn3)CC2)cc1C. The summed E-state index contributed by atoms with van der Waals surface area (Å²) in [5.74, 6) is 1.20. The van der Waals surface area contributed by atoms with Crippen molar-refractivity contribution in [3.8, 4) is 11.6 Å². The average molecular weight is 355 g/mol. The van der Waals surface area contributed by atoms with Crippen molar-refractivity contribution >= 4 is 5.91 Å². The van der Waals surface area contributed by atoms with Crippen LogP contribution < -0.4 is 14.8 Å². The van der Waals surface area contributed by atoms with E-state index >= 15 is 0 Å². The largest absolute Gasteiger partial charge is 0.484 e. The lowest BCUT2D eigenvalue weighted by Crippen LogP contribution is -2.41. The Balaban J connectivity index is 1.38. The molecule has 0 bridgehead atoms. The number of nitrogens with zero attached hydrogens (tertiary/aromatic N) is 2. The van der Waals surface area contributed by atoms with Gasteiger partial charge in [0.05, 0.1) is 6.20 Å². The molecule has 0 aliphatic heterocycles. The Morgan fingerprint density at radius 1 is 1.15 bits per heavy atom. The number of amides is 1. The molecule has 1 amide bonds. The van der Waals surface area contributed by atoms with Gasteiger partial charge in [-0.2, -0.15) is 0 Å². The predicted molar refractivity (Wildman–Crippen MR) is 98.3 cm³/mol. The van der Waals surface area contributed by atoms with Gasteiger partial charge in [-0.05, 0) is 62.8 Å². The van der Waals surface area contributed by atoms with Crippen LogP contribution >= 0.6 is 0 Å². The number of aryl methyl sites for hydroxylation is 2. The number of benzene rings is 1. The molecule has 2 aromatic rings. The fraction of sp³-hybridized carbons (Fsp3) is 0.450. The van der Waals surface area contributed by atoms with E-state index in [0.717, 1.165) is 37.0 Å². The molecule has 138 valence electrons. The Labute approximate surface area is 154 Å². The Kier molecular flexibility index (Phi) is 6.04. The first-order chi connectivity index (χ1) is 12.6. The molecule has 0 radical (unpaired) electrons. The second-order valence-corrected chi connectivity index (χ2v) is 6.74. The van der Waals surface area contributed by atoms with Crippen LogP contribution in [0.1, 0.15) is 36.8 Å². The van der Waals surface area contributed by atoms with Crippen LogP contribution in [0.4, 0.5) is 0 Å². The van der Waals surface area contributed by atoms with Crippen LogP contribution in [0.2, 0.25) is 0 Å². The van der Waals surface area contributed by atoms with Crippen LogP contribution in [0.15, 0.2) is 36.8 Å². The Bertz CT molecular complexity index is 728. The third-order valence-corrected chi connectivity index (χ3v) is 4.71. The van der Waals surface area contributed by atoms with Gasteiger partial charge < -0.3 is 14.8 Å². The lowest BCUT2D eigenvalue weighted by Gasteiger charge is -2.29. The smallest absolute Gasteiger partial charge is 0.258 e. The molecule has 6 nitrogen and oxygen atoms in total. The summed E-state index contributed by atoms with van der Waals surface area (Å²) in [5, 5.41) is 3.05. The first-order valence-electron chi connectivity index (χ1n) is 9.02. The summed E-state index contributed by atoms with van der Waals surface area (Å²) in [5.41, 5.74) is 2.37. The Morgan fingerprint density at radius 3 is 2.65 bits per heavy atom. The molecule has 0 spiro atoms. The van der Waals surface area contributed by atoms with Crippen molar-refractivity contribution in [2.45, 2.75) is 51.7 Å². The van der Waals surface area contributed by atoms with Crippen molar-refractivity contribution in [1.82, 2.24) is 15.3 Å². The van der Waals surface area contributed by atoms with Crippen molar-refractivity contribution in [1.29, 1.82) is 0 Å². The topological polar surface area (TPSA) is 73.3 Å². The van der Waals surface area contributed by atoms with Gasteiger partial charge in [0.2, 0.25) is 5.88 Å². The minimum atomic E-state index is -0.0819. The molecule has 1 N–H and O–H groups in total. The van der Waals surface area contributed by atoms with E-state index in [9.17, 15) is 4.79 Å². The third-order valence-electron chi connectivity index (χ3n) is 4.71. The molecule has 1 aromatic heterocycles. The molecule has 0 unspecified atom stereocenters. The van der Waals surface area contributed by atoms with Crippen LogP contribution in [0.5, 0.6) is 11.6 Å². The van der Waals surface area contributed by atoms with Crippen LogP contribution in [0, 0.1) is 13.8 Å². The maximum Gasteiger partial charge on any atom is 0.258 e. The van der Waals surface area contributed by atoms with E-state index in [0.29, 0.717) is 5.88 Å². The summed E-state index contributed by atoms with van der Waals surface area (Å²) in [7, 11) is 0. The summed E-state index contributed by atoms with van der Waals surface area (Å²) in [6, 6.07) is 6.02. The second kappa shape index (κ2) is 8.65. The lowest BCUT2D eigenvalue weighted by atomic mass is 9.93. The predicted octanol–water partition coefficient (Wildman–Crippen LogP) is 2.98. The summed E-state index contributed by atoms with van der Waals surface area (Å²) >= 11 is 0. The standard InChI is InChI=1S/C20H25N3O3/c1-14-3-6-18(11-15(14)2)25-13-19(24)23-16-4-7-17(8-5-16)26-20-12-21-9-10-22-20/h3,6,9-12,16-17H,4-5,7-8,13H2,1-2H3,(H,23,24). The molecule has 1 fully saturated rings. The van der Waals surface area contributed by atoms with Crippen molar-refractivity contribution in [2.75, 3.05) is 6.61 Å². The van der Waals surface area contributed by atoms with Gasteiger partial charge in [-0.15, -0.1) is 0 Å². The number of ether oxygens (including phenoxy) is 2. The molecule has 3 rings (SSSR count). The van der Waals surface area contributed by atoms with Gasteiger partial charge in [0.15, 0.2) is 6.61 Å². The highest BCUT2D eigenvalue weighted by Gasteiger charge is 2.24. The van der Waals surface area contributed by atoms with Crippen molar-refractivity contribution < 1.29 is 14.3 Å². The van der Waals surface area contributed by atoms with Crippen molar-refractivity contribution in [3.05, 3.63) is 47.9 Å². The quantitative estimate of drug-likeness (QED) is 0.862. The summed E-state index contributed by atoms with van der Waals surface area (Å²) in [6.45, 7) is 4.12. The molecule has 1 aliphatic carbocycles. The first-order valence-corrected chi connectivity index (χ1v) is 9.02. The van der Waals surface area contributed by atoms with Crippen molar-refractivity contribution in [2.24, 2.45) is 0 Å². The van der Waals surface area contributed by atoms with Crippen LogP contribution in [0.3, 0.4) is 0 Å². The molecule has 6 heteroatoms. The van der Waals surface area contributed by atoms with Gasteiger partial charge in [0, 0.05) is 18.4 Å². The van der Waals surface area contributed by atoms with E-state index < -0.39 is 0 Å². The zero-order valence-corrected chi connectivity index (χ0v) is 15.3. The van der Waals surface area contributed by atoms with Crippen LogP contribution in [-0.2, 0) is 4.79 Å². The number of carbonyl (C=O) groups is 1. The second-order valence-electron chi connectivity index (χ2n) is 6.74. The zero-order chi connectivity index (χ0) is 18.4. The maximum absolute atomic E-state index is 12.1. The summed E-state index contributed by atoms with van der Waals surface area (Å²) in [4.78, 5) is 20.3. The zero-order valence-electron chi connectivity index (χ0n) is 15.3. The Morgan fingerprint density at radius 2 is 1.96 bits per heavy atom. The maximum atomic E-state index is 12.1. The van der Waals surface area contributed by atoms with Gasteiger partial charge in [-0.3, -0.25) is 9.78 Å². The van der Waals surface area contributed by atoms with Crippen LogP contribution in [0.25, 0.3) is 0 Å². The van der Waals surface area contributed by atoms with E-state index in [4.69, 9.17) is 9.47 Å². The van der Waals surface area contributed by atoms with Gasteiger partial charge in [-0.1, -0.05) is 6.07 Å². The van der Waals surface area contributed by atoms with E-state index in [1.807, 2.05) is 25.1 Å². The molecule has 1 aliphatic rings. The van der Waals surface area contributed by atoms with E-state index in [2.05, 4.69) is 22.2 Å². The lowest BCUT2D eigenvalue weighted by molar-refractivity contribution is -0.124. The summed E-state index contributed by atoms with van der Waals surface area (Å²) < 4.78 is 11.4. The fourth-order valence-electron chi connectivity index (χ4n) is 3.06. The molecular weight excluding hydrogens is 330 g/mol. The summed E-state index contributed by atoms with van der Waals surface area (Å²) in [6.07, 6.45) is 8.56. The third kappa shape index (κ3) is 5.18. The number of rotatable bonds is 6. The minimum absolute atomic E-state index is 0.0402. The number of hydrogen-bond donors (Lipinski definition) is 1. The van der Waals surface area contributed by atoms with Gasteiger partial charge in [0.25, 0.3) is 5.91 Å². The number of nitrogens with one attached hydrogen (secondary N) is 1. The van der Waals surface area contributed by atoms with Gasteiger partial charge in [0.1, 0.15) is 11.9 Å². The van der Waals surface area contributed by atoms with E-state index in [-0.39, 0.29) is 24.7 Å². The number of hydrogen-bond acceptors (Lipinski definition) is 5. The van der Waals surface area contributed by atoms with E-state index in [1.54, 1.807) is 18.6 Å².